The third-order valence-corrected chi connectivity index (χ3v) is 4.38. The van der Waals surface area contributed by atoms with Gasteiger partial charge in [-0.3, -0.25) is 9.48 Å². The number of Topliss-reactive ketones (excluding diaryl/α,β-unsaturated/α-hetero) is 1. The van der Waals surface area contributed by atoms with Gasteiger partial charge in [0.25, 0.3) is 0 Å². The average molecular weight is 335 g/mol. The predicted molar refractivity (Wildman–Crippen MR) is 90.0 cm³/mol. The average Bonchev–Trinajstić information content (AvgIpc) is 3.31. The van der Waals surface area contributed by atoms with Crippen LogP contribution in [0.5, 0.6) is 0 Å². The summed E-state index contributed by atoms with van der Waals surface area (Å²) in [6.45, 7) is 4.96. The first-order valence-electron chi connectivity index (χ1n) is 8.07. The van der Waals surface area contributed by atoms with E-state index >= 15 is 0 Å². The number of rotatable bonds is 5. The molecule has 0 atom stereocenters. The second-order valence-electron chi connectivity index (χ2n) is 6.19. The molecule has 4 rings (SSSR count). The van der Waals surface area contributed by atoms with Gasteiger partial charge in [-0.2, -0.15) is 15.3 Å². The Hall–Kier alpha value is -3.09. The number of ketones is 1. The van der Waals surface area contributed by atoms with Gasteiger partial charge >= 0.3 is 0 Å². The molecule has 1 aliphatic rings. The van der Waals surface area contributed by atoms with E-state index in [4.69, 9.17) is 4.52 Å². The Kier molecular flexibility index (Phi) is 3.76. The highest BCUT2D eigenvalue weighted by atomic mass is 16.5. The minimum atomic E-state index is 0.0433. The molecular formula is C18H17N5O2. The Morgan fingerprint density at radius 3 is 3.00 bits per heavy atom. The van der Waals surface area contributed by atoms with E-state index < -0.39 is 0 Å². The van der Waals surface area contributed by atoms with Crippen molar-refractivity contribution in [2.75, 3.05) is 0 Å². The molecule has 7 heteroatoms. The van der Waals surface area contributed by atoms with Crippen molar-refractivity contribution < 1.29 is 9.32 Å². The number of aromatic nitrogens is 3. The van der Waals surface area contributed by atoms with Gasteiger partial charge in [0.05, 0.1) is 30.7 Å². The second-order valence-corrected chi connectivity index (χ2v) is 6.19. The van der Waals surface area contributed by atoms with E-state index in [1.807, 2.05) is 38.2 Å². The lowest BCUT2D eigenvalue weighted by atomic mass is 10.0. The molecule has 0 saturated carbocycles. The topological polar surface area (TPSA) is 85.6 Å². The zero-order valence-electron chi connectivity index (χ0n) is 14.1. The van der Waals surface area contributed by atoms with Crippen LogP contribution in [0.4, 0.5) is 5.69 Å². The van der Waals surface area contributed by atoms with Crippen molar-refractivity contribution in [1.29, 1.82) is 0 Å². The molecule has 25 heavy (non-hydrogen) atoms. The summed E-state index contributed by atoms with van der Waals surface area (Å²) in [4.78, 5) is 12.5. The fraction of sp³-hybridized carbons (Fsp3) is 0.278. The van der Waals surface area contributed by atoms with E-state index in [2.05, 4.69) is 20.5 Å². The molecule has 3 aromatic rings. The Balaban J connectivity index is 1.47. The number of carbonyl (C=O) groups excluding carboxylic acids is 1. The first-order chi connectivity index (χ1) is 12.1. The van der Waals surface area contributed by atoms with Crippen molar-refractivity contribution in [1.82, 2.24) is 14.9 Å². The van der Waals surface area contributed by atoms with Crippen LogP contribution in [-0.2, 0) is 19.5 Å². The van der Waals surface area contributed by atoms with E-state index in [1.165, 1.54) is 0 Å². The molecule has 1 aromatic carbocycles. The molecule has 7 nitrogen and oxygen atoms in total. The van der Waals surface area contributed by atoms with E-state index in [-0.39, 0.29) is 5.78 Å². The third kappa shape index (κ3) is 3.00. The van der Waals surface area contributed by atoms with E-state index in [1.54, 1.807) is 10.9 Å². The van der Waals surface area contributed by atoms with Crippen molar-refractivity contribution in [3.05, 3.63) is 64.3 Å². The number of azo groups is 1. The van der Waals surface area contributed by atoms with Gasteiger partial charge in [0, 0.05) is 29.3 Å². The molecule has 0 radical (unpaired) electrons. The van der Waals surface area contributed by atoms with Gasteiger partial charge in [0.1, 0.15) is 5.76 Å². The summed E-state index contributed by atoms with van der Waals surface area (Å²) in [6, 6.07) is 5.57. The van der Waals surface area contributed by atoms with Crippen LogP contribution in [0.15, 0.2) is 45.3 Å². The van der Waals surface area contributed by atoms with Crippen LogP contribution in [0.3, 0.4) is 0 Å². The molecule has 0 saturated heterocycles. The SMILES string of the molecule is Cc1noc(C)c1Cn1cc(CC(=O)c2ccc3c(c2)N=NC3)cn1. The second kappa shape index (κ2) is 6.08. The zero-order chi connectivity index (χ0) is 17.4. The Bertz CT molecular complexity index is 964. The van der Waals surface area contributed by atoms with Crippen LogP contribution in [0.25, 0.3) is 0 Å². The summed E-state index contributed by atoms with van der Waals surface area (Å²) in [5, 5.41) is 16.3. The molecule has 0 fully saturated rings. The standard InChI is InChI=1S/C18H17N5O2/c1-11-16(12(2)25-22-11)10-23-9-13(7-20-23)5-18(24)14-3-4-15-8-19-21-17(15)6-14/h3-4,6-7,9H,5,8,10H2,1-2H3. The summed E-state index contributed by atoms with van der Waals surface area (Å²) in [7, 11) is 0. The maximum absolute atomic E-state index is 12.5. The first kappa shape index (κ1) is 15.4. The van der Waals surface area contributed by atoms with Crippen molar-refractivity contribution in [3.8, 4) is 0 Å². The van der Waals surface area contributed by atoms with Gasteiger partial charge in [0.15, 0.2) is 5.78 Å². The summed E-state index contributed by atoms with van der Waals surface area (Å²) in [6.07, 6.45) is 3.91. The van der Waals surface area contributed by atoms with Crippen LogP contribution in [0.2, 0.25) is 0 Å². The van der Waals surface area contributed by atoms with Crippen LogP contribution >= 0.6 is 0 Å². The van der Waals surface area contributed by atoms with Gasteiger partial charge in [0.2, 0.25) is 0 Å². The highest BCUT2D eigenvalue weighted by Crippen LogP contribution is 2.28. The number of fused-ring (bicyclic) bond motifs is 1. The monoisotopic (exact) mass is 335 g/mol. The minimum Gasteiger partial charge on any atom is -0.361 e. The largest absolute Gasteiger partial charge is 0.361 e. The van der Waals surface area contributed by atoms with Crippen LogP contribution in [-0.4, -0.2) is 20.7 Å². The molecule has 1 aliphatic heterocycles. The number of nitrogens with zero attached hydrogens (tertiary/aromatic N) is 5. The van der Waals surface area contributed by atoms with Crippen molar-refractivity contribution in [3.63, 3.8) is 0 Å². The van der Waals surface area contributed by atoms with Gasteiger partial charge in [-0.25, -0.2) is 0 Å². The molecular weight excluding hydrogens is 318 g/mol. The lowest BCUT2D eigenvalue weighted by molar-refractivity contribution is 0.0993. The molecule has 126 valence electrons. The van der Waals surface area contributed by atoms with Crippen LogP contribution < -0.4 is 0 Å². The lowest BCUT2D eigenvalue weighted by Gasteiger charge is -2.02. The van der Waals surface area contributed by atoms with Crippen LogP contribution in [0, 0.1) is 13.8 Å². The quantitative estimate of drug-likeness (QED) is 0.667. The van der Waals surface area contributed by atoms with Gasteiger partial charge in [-0.15, -0.1) is 0 Å². The third-order valence-electron chi connectivity index (χ3n) is 4.38. The lowest BCUT2D eigenvalue weighted by Crippen LogP contribution is -2.04. The summed E-state index contributed by atoms with van der Waals surface area (Å²) in [5.41, 5.74) is 5.25. The number of hydrogen-bond acceptors (Lipinski definition) is 6. The summed E-state index contributed by atoms with van der Waals surface area (Å²) < 4.78 is 6.97. The van der Waals surface area contributed by atoms with Crippen molar-refractivity contribution >= 4 is 11.5 Å². The Morgan fingerprint density at radius 1 is 1.32 bits per heavy atom. The molecule has 0 spiro atoms. The Morgan fingerprint density at radius 2 is 2.20 bits per heavy atom. The molecule has 0 unspecified atom stereocenters. The van der Waals surface area contributed by atoms with Crippen LogP contribution in [0.1, 0.15) is 38.5 Å². The highest BCUT2D eigenvalue weighted by Gasteiger charge is 2.15. The smallest absolute Gasteiger partial charge is 0.167 e. The maximum atomic E-state index is 12.5. The first-order valence-corrected chi connectivity index (χ1v) is 8.07. The molecule has 0 aliphatic carbocycles. The maximum Gasteiger partial charge on any atom is 0.167 e. The van der Waals surface area contributed by atoms with E-state index in [0.717, 1.165) is 33.8 Å². The number of carbonyl (C=O) groups is 1. The normalized spacial score (nSPS) is 12.6. The molecule has 0 amide bonds. The molecule has 3 heterocycles. The highest BCUT2D eigenvalue weighted by molar-refractivity contribution is 5.98. The fourth-order valence-electron chi connectivity index (χ4n) is 2.91. The van der Waals surface area contributed by atoms with E-state index in [9.17, 15) is 4.79 Å². The number of hydrogen-bond donors (Lipinski definition) is 0. The predicted octanol–water partition coefficient (Wildman–Crippen LogP) is 3.56. The van der Waals surface area contributed by atoms with Crippen molar-refractivity contribution in [2.24, 2.45) is 10.2 Å². The minimum absolute atomic E-state index is 0.0433. The zero-order valence-corrected chi connectivity index (χ0v) is 14.1. The van der Waals surface area contributed by atoms with Crippen molar-refractivity contribution in [2.45, 2.75) is 33.4 Å². The van der Waals surface area contributed by atoms with Gasteiger partial charge < -0.3 is 4.52 Å². The molecule has 2 aromatic heterocycles. The van der Waals surface area contributed by atoms with Gasteiger partial charge in [-0.1, -0.05) is 17.3 Å². The number of aryl methyl sites for hydroxylation is 2. The molecule has 0 N–H and O–H groups in total. The summed E-state index contributed by atoms with van der Waals surface area (Å²) in [5.74, 6) is 0.833. The van der Waals surface area contributed by atoms with E-state index in [0.29, 0.717) is 25.1 Å². The Labute approximate surface area is 144 Å². The van der Waals surface area contributed by atoms with Gasteiger partial charge in [-0.05, 0) is 25.5 Å². The fourth-order valence-corrected chi connectivity index (χ4v) is 2.91. The summed E-state index contributed by atoms with van der Waals surface area (Å²) >= 11 is 0. The number of benzene rings is 1. The molecule has 0 bridgehead atoms.